The molecule has 0 atom stereocenters. The Balaban J connectivity index is 1.79. The van der Waals surface area contributed by atoms with Crippen molar-refractivity contribution in [2.75, 3.05) is 19.0 Å². The topological polar surface area (TPSA) is 84.5 Å². The molecule has 0 radical (unpaired) electrons. The molecule has 0 saturated carbocycles. The zero-order valence-corrected chi connectivity index (χ0v) is 15.7. The van der Waals surface area contributed by atoms with Gasteiger partial charge in [0.25, 0.3) is 0 Å². The second-order valence-electron chi connectivity index (χ2n) is 5.87. The molecule has 2 amide bonds. The van der Waals surface area contributed by atoms with Gasteiger partial charge in [0.1, 0.15) is 6.54 Å². The minimum atomic E-state index is -0.502. The number of benzene rings is 2. The fourth-order valence-electron chi connectivity index (χ4n) is 2.37. The van der Waals surface area contributed by atoms with Crippen molar-refractivity contribution in [3.8, 4) is 0 Å². The fourth-order valence-corrected chi connectivity index (χ4v) is 2.60. The van der Waals surface area contributed by atoms with Crippen molar-refractivity contribution in [1.29, 1.82) is 0 Å². The number of aryl methyl sites for hydroxylation is 1. The van der Waals surface area contributed by atoms with Crippen LogP contribution in [0.5, 0.6) is 0 Å². The minimum Gasteiger partial charge on any atom is -0.468 e. The summed E-state index contributed by atoms with van der Waals surface area (Å²) in [5, 5.41) is 5.94. The van der Waals surface area contributed by atoms with E-state index in [1.165, 1.54) is 7.11 Å². The molecule has 2 rings (SSSR count). The van der Waals surface area contributed by atoms with E-state index in [2.05, 4.69) is 15.4 Å². The van der Waals surface area contributed by atoms with Crippen LogP contribution in [0.2, 0.25) is 5.02 Å². The highest BCUT2D eigenvalue weighted by atomic mass is 35.5. The van der Waals surface area contributed by atoms with Crippen molar-refractivity contribution < 1.29 is 19.1 Å². The van der Waals surface area contributed by atoms with Gasteiger partial charge in [0.15, 0.2) is 0 Å². The predicted octanol–water partition coefficient (Wildman–Crippen LogP) is 2.74. The molecule has 7 heteroatoms. The lowest BCUT2D eigenvalue weighted by Crippen LogP contribution is -2.31. The average Bonchev–Trinajstić information content (AvgIpc) is 2.67. The Morgan fingerprint density at radius 3 is 2.37 bits per heavy atom. The quantitative estimate of drug-likeness (QED) is 0.681. The number of carbonyl (C=O) groups is 3. The normalized spacial score (nSPS) is 10.1. The molecule has 142 valence electrons. The molecule has 0 aliphatic carbocycles. The number of hydrogen-bond donors (Lipinski definition) is 2. The maximum absolute atomic E-state index is 12.1. The number of esters is 1. The molecule has 0 fully saturated rings. The number of ether oxygens (including phenoxy) is 1. The van der Waals surface area contributed by atoms with Gasteiger partial charge in [0, 0.05) is 17.1 Å². The van der Waals surface area contributed by atoms with E-state index in [-0.39, 0.29) is 24.8 Å². The smallest absolute Gasteiger partial charge is 0.325 e. The molecule has 0 spiro atoms. The highest BCUT2D eigenvalue weighted by molar-refractivity contribution is 6.31. The van der Waals surface area contributed by atoms with Crippen molar-refractivity contribution in [3.63, 3.8) is 0 Å². The number of nitrogens with one attached hydrogen (secondary N) is 2. The number of rotatable bonds is 8. The number of halogens is 1. The van der Waals surface area contributed by atoms with Crippen LogP contribution in [-0.4, -0.2) is 31.4 Å². The summed E-state index contributed by atoms with van der Waals surface area (Å²) in [7, 11) is 1.26. The van der Waals surface area contributed by atoms with Crippen molar-refractivity contribution in [3.05, 3.63) is 64.7 Å². The summed E-state index contributed by atoms with van der Waals surface area (Å²) in [5.74, 6) is -0.895. The number of hydrogen-bond acceptors (Lipinski definition) is 4. The van der Waals surface area contributed by atoms with E-state index < -0.39 is 5.97 Å². The van der Waals surface area contributed by atoms with E-state index >= 15 is 0 Å². The molecule has 0 bridgehead atoms. The Labute approximate surface area is 162 Å². The maximum Gasteiger partial charge on any atom is 0.325 e. The van der Waals surface area contributed by atoms with Crippen molar-refractivity contribution >= 4 is 35.1 Å². The van der Waals surface area contributed by atoms with Gasteiger partial charge in [-0.25, -0.2) is 0 Å². The highest BCUT2D eigenvalue weighted by Crippen LogP contribution is 2.17. The standard InChI is InChI=1S/C20H21ClN2O4/c1-27-20(26)13-22-19(25)12-14-6-9-16(10-7-14)23-18(24)11-8-15-4-2-3-5-17(15)21/h2-7,9-10H,8,11-13H2,1H3,(H,22,25)(H,23,24). The first kappa shape index (κ1) is 20.5. The summed E-state index contributed by atoms with van der Waals surface area (Å²) in [6.07, 6.45) is 1.02. The number of methoxy groups -OCH3 is 1. The van der Waals surface area contributed by atoms with Gasteiger partial charge in [-0.1, -0.05) is 41.9 Å². The molecular weight excluding hydrogens is 368 g/mol. The van der Waals surface area contributed by atoms with Crippen LogP contribution in [-0.2, 0) is 32.0 Å². The van der Waals surface area contributed by atoms with E-state index in [1.807, 2.05) is 18.2 Å². The van der Waals surface area contributed by atoms with Crippen LogP contribution < -0.4 is 10.6 Å². The van der Waals surface area contributed by atoms with Crippen molar-refractivity contribution in [1.82, 2.24) is 5.32 Å². The maximum atomic E-state index is 12.1. The Morgan fingerprint density at radius 1 is 1.00 bits per heavy atom. The molecule has 6 nitrogen and oxygen atoms in total. The molecule has 27 heavy (non-hydrogen) atoms. The van der Waals surface area contributed by atoms with Crippen LogP contribution in [0.25, 0.3) is 0 Å². The lowest BCUT2D eigenvalue weighted by molar-refractivity contribution is -0.141. The Bertz CT molecular complexity index is 806. The molecule has 0 heterocycles. The van der Waals surface area contributed by atoms with Crippen LogP contribution in [0.3, 0.4) is 0 Å². The number of anilines is 1. The fraction of sp³-hybridized carbons (Fsp3) is 0.250. The van der Waals surface area contributed by atoms with Crippen LogP contribution >= 0.6 is 11.6 Å². The molecule has 0 aliphatic heterocycles. The van der Waals surface area contributed by atoms with E-state index in [0.717, 1.165) is 11.1 Å². The summed E-state index contributed by atoms with van der Waals surface area (Å²) in [5.41, 5.74) is 2.35. The first-order valence-corrected chi connectivity index (χ1v) is 8.81. The number of carbonyl (C=O) groups excluding carboxylic acids is 3. The molecule has 0 aromatic heterocycles. The minimum absolute atomic E-state index is 0.113. The van der Waals surface area contributed by atoms with Crippen molar-refractivity contribution in [2.45, 2.75) is 19.3 Å². The summed E-state index contributed by atoms with van der Waals surface area (Å²) in [6.45, 7) is -0.158. The largest absolute Gasteiger partial charge is 0.468 e. The van der Waals surface area contributed by atoms with Crippen LogP contribution in [0.4, 0.5) is 5.69 Å². The van der Waals surface area contributed by atoms with Gasteiger partial charge < -0.3 is 15.4 Å². The Kier molecular flexibility index (Phi) is 7.82. The molecule has 0 unspecified atom stereocenters. The zero-order valence-electron chi connectivity index (χ0n) is 15.0. The third-order valence-electron chi connectivity index (χ3n) is 3.84. The second-order valence-corrected chi connectivity index (χ2v) is 6.27. The van der Waals surface area contributed by atoms with Crippen LogP contribution in [0.1, 0.15) is 17.5 Å². The van der Waals surface area contributed by atoms with Gasteiger partial charge >= 0.3 is 5.97 Å². The third kappa shape index (κ3) is 7.11. The molecule has 2 N–H and O–H groups in total. The van der Waals surface area contributed by atoms with E-state index in [0.29, 0.717) is 23.6 Å². The van der Waals surface area contributed by atoms with Gasteiger partial charge in [0.2, 0.25) is 11.8 Å². The van der Waals surface area contributed by atoms with Crippen molar-refractivity contribution in [2.24, 2.45) is 0 Å². The second kappa shape index (κ2) is 10.3. The molecule has 2 aromatic carbocycles. The Morgan fingerprint density at radius 2 is 1.70 bits per heavy atom. The average molecular weight is 389 g/mol. The lowest BCUT2D eigenvalue weighted by Gasteiger charge is -2.08. The molecule has 0 saturated heterocycles. The summed E-state index contributed by atoms with van der Waals surface area (Å²) < 4.78 is 4.46. The monoisotopic (exact) mass is 388 g/mol. The number of amides is 2. The van der Waals surface area contributed by atoms with Gasteiger partial charge in [-0.3, -0.25) is 14.4 Å². The lowest BCUT2D eigenvalue weighted by atomic mass is 10.1. The first-order valence-electron chi connectivity index (χ1n) is 8.43. The Hall–Kier alpha value is -2.86. The van der Waals surface area contributed by atoms with Gasteiger partial charge in [-0.2, -0.15) is 0 Å². The zero-order chi connectivity index (χ0) is 19.6. The summed E-state index contributed by atoms with van der Waals surface area (Å²) in [4.78, 5) is 34.8. The molecule has 2 aromatic rings. The highest BCUT2D eigenvalue weighted by Gasteiger charge is 2.08. The third-order valence-corrected chi connectivity index (χ3v) is 4.21. The van der Waals surface area contributed by atoms with Crippen LogP contribution in [0.15, 0.2) is 48.5 Å². The van der Waals surface area contributed by atoms with Gasteiger partial charge in [-0.05, 0) is 35.7 Å². The first-order chi connectivity index (χ1) is 13.0. The SMILES string of the molecule is COC(=O)CNC(=O)Cc1ccc(NC(=O)CCc2ccccc2Cl)cc1. The summed E-state index contributed by atoms with van der Waals surface area (Å²) >= 11 is 6.08. The van der Waals surface area contributed by atoms with E-state index in [9.17, 15) is 14.4 Å². The van der Waals surface area contributed by atoms with Gasteiger partial charge in [0.05, 0.1) is 13.5 Å². The van der Waals surface area contributed by atoms with E-state index in [4.69, 9.17) is 11.6 Å². The molecule has 0 aliphatic rings. The predicted molar refractivity (Wildman–Crippen MR) is 104 cm³/mol. The van der Waals surface area contributed by atoms with E-state index in [1.54, 1.807) is 30.3 Å². The summed E-state index contributed by atoms with van der Waals surface area (Å²) in [6, 6.07) is 14.4. The van der Waals surface area contributed by atoms with Gasteiger partial charge in [-0.15, -0.1) is 0 Å². The molecular formula is C20H21ClN2O4. The van der Waals surface area contributed by atoms with Crippen LogP contribution in [0, 0.1) is 0 Å².